The van der Waals surface area contributed by atoms with Crippen molar-refractivity contribution in [3.05, 3.63) is 46.9 Å². The molecular formula is C17H21N5O. The van der Waals surface area contributed by atoms with Crippen molar-refractivity contribution in [2.24, 2.45) is 14.1 Å². The molecule has 6 nitrogen and oxygen atoms in total. The third kappa shape index (κ3) is 2.52. The molecule has 120 valence electrons. The van der Waals surface area contributed by atoms with Crippen molar-refractivity contribution in [2.45, 2.75) is 0 Å². The molecule has 0 unspecified atom stereocenters. The van der Waals surface area contributed by atoms with Crippen LogP contribution in [0, 0.1) is 0 Å². The van der Waals surface area contributed by atoms with Gasteiger partial charge < -0.3 is 16.0 Å². The van der Waals surface area contributed by atoms with E-state index in [0.717, 1.165) is 28.1 Å². The smallest absolute Gasteiger partial charge is 0.328 e. The molecule has 3 N–H and O–H groups in total. The van der Waals surface area contributed by atoms with Crippen LogP contribution in [0.5, 0.6) is 0 Å². The number of hydrogen-bond acceptors (Lipinski definition) is 4. The topological polar surface area (TPSA) is 68.2 Å². The largest absolute Gasteiger partial charge is 0.399 e. The van der Waals surface area contributed by atoms with E-state index < -0.39 is 0 Å². The lowest BCUT2D eigenvalue weighted by Crippen LogP contribution is -2.19. The molecule has 1 heterocycles. The van der Waals surface area contributed by atoms with E-state index in [0.29, 0.717) is 5.69 Å². The molecule has 0 aliphatic carbocycles. The molecule has 0 amide bonds. The highest BCUT2D eigenvalue weighted by Gasteiger charge is 2.13. The van der Waals surface area contributed by atoms with Gasteiger partial charge in [-0.05, 0) is 36.4 Å². The fraction of sp³-hybridized carbons (Fsp3) is 0.235. The molecule has 0 fully saturated rings. The first-order valence-electron chi connectivity index (χ1n) is 7.38. The van der Waals surface area contributed by atoms with Gasteiger partial charge in [0.05, 0.1) is 16.7 Å². The monoisotopic (exact) mass is 311 g/mol. The Bertz CT molecular complexity index is 919. The summed E-state index contributed by atoms with van der Waals surface area (Å²) in [5.41, 5.74) is 11.1. The van der Waals surface area contributed by atoms with Gasteiger partial charge in [0, 0.05) is 45.3 Å². The van der Waals surface area contributed by atoms with Crippen LogP contribution >= 0.6 is 0 Å². The van der Waals surface area contributed by atoms with Crippen molar-refractivity contribution in [1.29, 1.82) is 0 Å². The molecule has 3 rings (SSSR count). The van der Waals surface area contributed by atoms with Crippen LogP contribution < -0.4 is 21.6 Å². The van der Waals surface area contributed by atoms with Gasteiger partial charge in [-0.15, -0.1) is 0 Å². The van der Waals surface area contributed by atoms with Gasteiger partial charge in [-0.25, -0.2) is 4.79 Å². The van der Waals surface area contributed by atoms with Crippen molar-refractivity contribution in [2.75, 3.05) is 30.0 Å². The molecule has 6 heteroatoms. The van der Waals surface area contributed by atoms with Crippen molar-refractivity contribution < 1.29 is 0 Å². The van der Waals surface area contributed by atoms with E-state index in [1.54, 1.807) is 23.2 Å². The molecule has 23 heavy (non-hydrogen) atoms. The summed E-state index contributed by atoms with van der Waals surface area (Å²) >= 11 is 0. The summed E-state index contributed by atoms with van der Waals surface area (Å²) < 4.78 is 3.23. The van der Waals surface area contributed by atoms with Gasteiger partial charge in [0.25, 0.3) is 0 Å². The lowest BCUT2D eigenvalue weighted by Gasteiger charge is -2.14. The van der Waals surface area contributed by atoms with E-state index in [4.69, 9.17) is 5.73 Å². The average molecular weight is 311 g/mol. The minimum Gasteiger partial charge on any atom is -0.399 e. The maximum absolute atomic E-state index is 12.2. The standard InChI is InChI=1S/C17H21N5O/c1-20(2)13-7-5-12(6-8-13)19-14-9-11(18)10-15-16(14)22(4)17(23)21(15)3/h5-10,19H,18H2,1-4H3. The molecule has 0 aliphatic heterocycles. The van der Waals surface area contributed by atoms with Gasteiger partial charge >= 0.3 is 5.69 Å². The third-order valence-corrected chi connectivity index (χ3v) is 4.05. The lowest BCUT2D eigenvalue weighted by molar-refractivity contribution is 0.795. The van der Waals surface area contributed by atoms with Gasteiger partial charge in [-0.1, -0.05) is 0 Å². The molecule has 0 saturated heterocycles. The third-order valence-electron chi connectivity index (χ3n) is 4.05. The van der Waals surface area contributed by atoms with Crippen LogP contribution in [0.3, 0.4) is 0 Å². The molecule has 0 atom stereocenters. The number of nitrogens with two attached hydrogens (primary N) is 1. The summed E-state index contributed by atoms with van der Waals surface area (Å²) in [6, 6.07) is 11.8. The van der Waals surface area contributed by atoms with Crippen molar-refractivity contribution >= 4 is 33.8 Å². The molecule has 2 aromatic carbocycles. The molecule has 0 saturated carbocycles. The Morgan fingerprint density at radius 3 is 2.30 bits per heavy atom. The summed E-state index contributed by atoms with van der Waals surface area (Å²) in [5.74, 6) is 0. The number of fused-ring (bicyclic) bond motifs is 1. The summed E-state index contributed by atoms with van der Waals surface area (Å²) in [6.45, 7) is 0. The second-order valence-corrected chi connectivity index (χ2v) is 5.90. The molecule has 0 bridgehead atoms. The quantitative estimate of drug-likeness (QED) is 0.728. The SMILES string of the molecule is CN(C)c1ccc(Nc2cc(N)cc3c2n(C)c(=O)n3C)cc1. The highest BCUT2D eigenvalue weighted by molar-refractivity contribution is 5.94. The van der Waals surface area contributed by atoms with Crippen LogP contribution in [-0.4, -0.2) is 23.2 Å². The molecule has 3 aromatic rings. The van der Waals surface area contributed by atoms with Crippen LogP contribution in [0.1, 0.15) is 0 Å². The molecule has 0 radical (unpaired) electrons. The molecule has 0 spiro atoms. The van der Waals surface area contributed by atoms with E-state index in [1.807, 2.05) is 55.4 Å². The Morgan fingerprint density at radius 1 is 1.04 bits per heavy atom. The number of aromatic nitrogens is 2. The Kier molecular flexibility index (Phi) is 3.52. The number of imidazole rings is 1. The van der Waals surface area contributed by atoms with Crippen molar-refractivity contribution in [3.8, 4) is 0 Å². The molecule has 0 aliphatic rings. The van der Waals surface area contributed by atoms with Crippen LogP contribution in [-0.2, 0) is 14.1 Å². The van der Waals surface area contributed by atoms with Crippen LogP contribution in [0.2, 0.25) is 0 Å². The average Bonchev–Trinajstić information content (AvgIpc) is 2.72. The number of anilines is 4. The summed E-state index contributed by atoms with van der Waals surface area (Å²) in [6.07, 6.45) is 0. The number of aryl methyl sites for hydroxylation is 2. The zero-order valence-corrected chi connectivity index (χ0v) is 13.8. The first kappa shape index (κ1) is 15.0. The Morgan fingerprint density at radius 2 is 1.70 bits per heavy atom. The highest BCUT2D eigenvalue weighted by atomic mass is 16.1. The minimum absolute atomic E-state index is 0.0726. The number of nitrogen functional groups attached to an aromatic ring is 1. The second-order valence-electron chi connectivity index (χ2n) is 5.90. The number of rotatable bonds is 3. The minimum atomic E-state index is -0.0726. The van der Waals surface area contributed by atoms with E-state index in [1.165, 1.54) is 0 Å². The van der Waals surface area contributed by atoms with Gasteiger partial charge in [-0.2, -0.15) is 0 Å². The Hall–Kier alpha value is -2.89. The number of nitrogens with one attached hydrogen (secondary N) is 1. The first-order valence-corrected chi connectivity index (χ1v) is 7.38. The fourth-order valence-electron chi connectivity index (χ4n) is 2.77. The normalized spacial score (nSPS) is 11.0. The lowest BCUT2D eigenvalue weighted by atomic mass is 10.2. The van der Waals surface area contributed by atoms with Crippen LogP contribution in [0.15, 0.2) is 41.2 Å². The number of hydrogen-bond donors (Lipinski definition) is 2. The predicted molar refractivity (Wildman–Crippen MR) is 96.6 cm³/mol. The molecule has 1 aromatic heterocycles. The zero-order chi connectivity index (χ0) is 16.7. The Labute approximate surface area is 134 Å². The summed E-state index contributed by atoms with van der Waals surface area (Å²) in [5, 5.41) is 3.36. The maximum atomic E-state index is 12.2. The Balaban J connectivity index is 2.09. The van der Waals surface area contributed by atoms with Gasteiger partial charge in [0.15, 0.2) is 0 Å². The van der Waals surface area contributed by atoms with Gasteiger partial charge in [0.1, 0.15) is 0 Å². The summed E-state index contributed by atoms with van der Waals surface area (Å²) in [4.78, 5) is 14.2. The predicted octanol–water partition coefficient (Wildman–Crippen LogP) is 2.27. The summed E-state index contributed by atoms with van der Waals surface area (Å²) in [7, 11) is 7.52. The second kappa shape index (κ2) is 5.39. The first-order chi connectivity index (χ1) is 10.9. The molecular weight excluding hydrogens is 290 g/mol. The van der Waals surface area contributed by atoms with Crippen LogP contribution in [0.25, 0.3) is 11.0 Å². The van der Waals surface area contributed by atoms with E-state index in [-0.39, 0.29) is 5.69 Å². The number of benzene rings is 2. The van der Waals surface area contributed by atoms with Crippen molar-refractivity contribution in [1.82, 2.24) is 9.13 Å². The highest BCUT2D eigenvalue weighted by Crippen LogP contribution is 2.29. The van der Waals surface area contributed by atoms with Crippen molar-refractivity contribution in [3.63, 3.8) is 0 Å². The van der Waals surface area contributed by atoms with Crippen LogP contribution in [0.4, 0.5) is 22.7 Å². The van der Waals surface area contributed by atoms with Gasteiger partial charge in [-0.3, -0.25) is 9.13 Å². The maximum Gasteiger partial charge on any atom is 0.328 e. The van der Waals surface area contributed by atoms with E-state index >= 15 is 0 Å². The fourth-order valence-corrected chi connectivity index (χ4v) is 2.77. The zero-order valence-electron chi connectivity index (χ0n) is 13.8. The van der Waals surface area contributed by atoms with E-state index in [9.17, 15) is 4.79 Å². The van der Waals surface area contributed by atoms with E-state index in [2.05, 4.69) is 5.32 Å². The van der Waals surface area contributed by atoms with Gasteiger partial charge in [0.2, 0.25) is 0 Å². The number of nitrogens with zero attached hydrogens (tertiary/aromatic N) is 3.